The Morgan fingerprint density at radius 2 is 1.76 bits per heavy atom. The van der Waals surface area contributed by atoms with Crippen molar-refractivity contribution in [2.24, 2.45) is 0 Å². The van der Waals surface area contributed by atoms with Gasteiger partial charge in [0.05, 0.1) is 0 Å². The van der Waals surface area contributed by atoms with Crippen LogP contribution in [0, 0.1) is 18.6 Å². The fraction of sp³-hybridized carbons (Fsp3) is 0.143. The number of aryl methyl sites for hydroxylation is 1. The molecule has 0 saturated heterocycles. The molecule has 0 aliphatic rings. The van der Waals surface area contributed by atoms with Crippen molar-refractivity contribution in [1.82, 2.24) is 0 Å². The quantitative estimate of drug-likeness (QED) is 0.844. The first-order valence-electron chi connectivity index (χ1n) is 5.27. The van der Waals surface area contributed by atoms with Gasteiger partial charge in [-0.3, -0.25) is 0 Å². The van der Waals surface area contributed by atoms with Crippen molar-refractivity contribution in [3.05, 3.63) is 70.8 Å². The molecule has 0 amide bonds. The summed E-state index contributed by atoms with van der Waals surface area (Å²) in [5, 5.41) is 10.0. The van der Waals surface area contributed by atoms with E-state index >= 15 is 0 Å². The lowest BCUT2D eigenvalue weighted by Gasteiger charge is -2.13. The Labute approximate surface area is 98.3 Å². The zero-order chi connectivity index (χ0) is 12.4. The van der Waals surface area contributed by atoms with Gasteiger partial charge in [-0.05, 0) is 36.2 Å². The van der Waals surface area contributed by atoms with Crippen LogP contribution in [0.3, 0.4) is 0 Å². The van der Waals surface area contributed by atoms with Crippen molar-refractivity contribution in [2.45, 2.75) is 13.0 Å². The predicted molar refractivity (Wildman–Crippen MR) is 61.6 cm³/mol. The van der Waals surface area contributed by atoms with Crippen LogP contribution in [0.15, 0.2) is 42.5 Å². The Bertz CT molecular complexity index is 517. The molecule has 0 aliphatic carbocycles. The van der Waals surface area contributed by atoms with Gasteiger partial charge in [-0.2, -0.15) is 0 Å². The number of hydrogen-bond donors (Lipinski definition) is 1. The summed E-state index contributed by atoms with van der Waals surface area (Å²) in [4.78, 5) is 0. The van der Waals surface area contributed by atoms with Crippen molar-refractivity contribution in [3.8, 4) is 0 Å². The zero-order valence-electron chi connectivity index (χ0n) is 9.32. The zero-order valence-corrected chi connectivity index (χ0v) is 9.32. The second-order valence-corrected chi connectivity index (χ2v) is 3.99. The number of aliphatic hydroxyl groups excluding tert-OH is 1. The summed E-state index contributed by atoms with van der Waals surface area (Å²) < 4.78 is 26.7. The van der Waals surface area contributed by atoms with E-state index in [-0.39, 0.29) is 5.56 Å². The summed E-state index contributed by atoms with van der Waals surface area (Å²) in [5.41, 5.74) is 1.19. The first kappa shape index (κ1) is 11.7. The lowest BCUT2D eigenvalue weighted by atomic mass is 9.99. The largest absolute Gasteiger partial charge is 0.384 e. The second-order valence-electron chi connectivity index (χ2n) is 3.99. The number of halogens is 2. The number of benzene rings is 2. The highest BCUT2D eigenvalue weighted by atomic mass is 19.1. The Morgan fingerprint density at radius 3 is 2.41 bits per heavy atom. The third-order valence-corrected chi connectivity index (χ3v) is 2.58. The van der Waals surface area contributed by atoms with Gasteiger partial charge >= 0.3 is 0 Å². The highest BCUT2D eigenvalue weighted by Crippen LogP contribution is 2.25. The smallest absolute Gasteiger partial charge is 0.129 e. The van der Waals surface area contributed by atoms with E-state index in [1.807, 2.05) is 0 Å². The van der Waals surface area contributed by atoms with Gasteiger partial charge in [-0.15, -0.1) is 0 Å². The maximum Gasteiger partial charge on any atom is 0.129 e. The first-order chi connectivity index (χ1) is 8.08. The molecular formula is C14H12F2O. The lowest BCUT2D eigenvalue weighted by Crippen LogP contribution is -2.03. The van der Waals surface area contributed by atoms with Crippen molar-refractivity contribution < 1.29 is 13.9 Å². The molecule has 2 aromatic carbocycles. The van der Waals surface area contributed by atoms with Crippen LogP contribution >= 0.6 is 0 Å². The molecule has 3 heteroatoms. The Hall–Kier alpha value is -1.74. The van der Waals surface area contributed by atoms with Crippen LogP contribution in [0.4, 0.5) is 8.78 Å². The van der Waals surface area contributed by atoms with Crippen LogP contribution < -0.4 is 0 Å². The minimum Gasteiger partial charge on any atom is -0.384 e. The fourth-order valence-electron chi connectivity index (χ4n) is 1.80. The van der Waals surface area contributed by atoms with Gasteiger partial charge in [-0.25, -0.2) is 8.78 Å². The van der Waals surface area contributed by atoms with E-state index in [1.165, 1.54) is 24.3 Å². The molecule has 0 aliphatic heterocycles. The van der Waals surface area contributed by atoms with E-state index in [2.05, 4.69) is 0 Å². The Morgan fingerprint density at radius 1 is 1.06 bits per heavy atom. The van der Waals surface area contributed by atoms with Gasteiger partial charge in [0.15, 0.2) is 0 Å². The first-order valence-corrected chi connectivity index (χ1v) is 5.27. The van der Waals surface area contributed by atoms with Gasteiger partial charge in [0.2, 0.25) is 0 Å². The van der Waals surface area contributed by atoms with Crippen molar-refractivity contribution >= 4 is 0 Å². The minimum atomic E-state index is -1.15. The molecule has 1 unspecified atom stereocenters. The van der Waals surface area contributed by atoms with Crippen LogP contribution in [-0.4, -0.2) is 5.11 Å². The number of rotatable bonds is 2. The third kappa shape index (κ3) is 2.50. The normalized spacial score (nSPS) is 12.5. The molecule has 17 heavy (non-hydrogen) atoms. The van der Waals surface area contributed by atoms with Crippen molar-refractivity contribution in [2.75, 3.05) is 0 Å². The van der Waals surface area contributed by atoms with Gasteiger partial charge in [-0.1, -0.05) is 24.3 Å². The lowest BCUT2D eigenvalue weighted by molar-refractivity contribution is 0.214. The summed E-state index contributed by atoms with van der Waals surface area (Å²) >= 11 is 0. The topological polar surface area (TPSA) is 20.2 Å². The molecule has 2 aromatic rings. The Kier molecular flexibility index (Phi) is 3.20. The molecule has 1 N–H and O–H groups in total. The summed E-state index contributed by atoms with van der Waals surface area (Å²) in [7, 11) is 0. The molecule has 88 valence electrons. The SMILES string of the molecule is Cc1cc(F)cc(C(O)c2ccccc2F)c1. The average molecular weight is 234 g/mol. The van der Waals surface area contributed by atoms with Crippen LogP contribution in [-0.2, 0) is 0 Å². The molecule has 1 nitrogen and oxygen atoms in total. The summed E-state index contributed by atoms with van der Waals surface area (Å²) in [6.45, 7) is 1.72. The van der Waals surface area contributed by atoms with Crippen molar-refractivity contribution in [1.29, 1.82) is 0 Å². The molecule has 0 spiro atoms. The summed E-state index contributed by atoms with van der Waals surface area (Å²) in [5.74, 6) is -0.933. The predicted octanol–water partition coefficient (Wildman–Crippen LogP) is 3.35. The summed E-state index contributed by atoms with van der Waals surface area (Å²) in [6, 6.07) is 10.1. The number of aliphatic hydroxyl groups is 1. The maximum absolute atomic E-state index is 13.5. The van der Waals surface area contributed by atoms with E-state index in [0.29, 0.717) is 11.1 Å². The maximum atomic E-state index is 13.5. The molecule has 0 heterocycles. The molecule has 0 fully saturated rings. The van der Waals surface area contributed by atoms with E-state index in [1.54, 1.807) is 25.1 Å². The molecular weight excluding hydrogens is 222 g/mol. The van der Waals surface area contributed by atoms with Crippen LogP contribution in [0.5, 0.6) is 0 Å². The average Bonchev–Trinajstić information content (AvgIpc) is 2.27. The van der Waals surface area contributed by atoms with Gasteiger partial charge in [0.25, 0.3) is 0 Å². The fourth-order valence-corrected chi connectivity index (χ4v) is 1.80. The molecule has 0 saturated carbocycles. The standard InChI is InChI=1S/C14H12F2O/c1-9-6-10(8-11(15)7-9)14(17)12-4-2-3-5-13(12)16/h2-8,14,17H,1H3. The highest BCUT2D eigenvalue weighted by Gasteiger charge is 2.15. The summed E-state index contributed by atoms with van der Waals surface area (Å²) in [6.07, 6.45) is -1.15. The molecule has 1 atom stereocenters. The third-order valence-electron chi connectivity index (χ3n) is 2.58. The van der Waals surface area contributed by atoms with Gasteiger partial charge in [0, 0.05) is 5.56 Å². The number of hydrogen-bond acceptors (Lipinski definition) is 1. The molecule has 0 radical (unpaired) electrons. The van der Waals surface area contributed by atoms with E-state index in [9.17, 15) is 13.9 Å². The molecule has 0 aromatic heterocycles. The van der Waals surface area contributed by atoms with Crippen LogP contribution in [0.25, 0.3) is 0 Å². The minimum absolute atomic E-state index is 0.150. The van der Waals surface area contributed by atoms with Crippen molar-refractivity contribution in [3.63, 3.8) is 0 Å². The highest BCUT2D eigenvalue weighted by molar-refractivity contribution is 5.33. The van der Waals surface area contributed by atoms with E-state index < -0.39 is 17.7 Å². The van der Waals surface area contributed by atoms with Gasteiger partial charge in [0.1, 0.15) is 17.7 Å². The Balaban J connectivity index is 2.43. The molecule has 0 bridgehead atoms. The second kappa shape index (κ2) is 4.63. The molecule has 2 rings (SSSR count). The van der Waals surface area contributed by atoms with Crippen LogP contribution in [0.2, 0.25) is 0 Å². The van der Waals surface area contributed by atoms with Crippen LogP contribution in [0.1, 0.15) is 22.8 Å². The van der Waals surface area contributed by atoms with E-state index in [4.69, 9.17) is 0 Å². The monoisotopic (exact) mass is 234 g/mol. The van der Waals surface area contributed by atoms with Gasteiger partial charge < -0.3 is 5.11 Å². The van der Waals surface area contributed by atoms with E-state index in [0.717, 1.165) is 0 Å².